The Labute approximate surface area is 93.2 Å². The molecule has 4 heteroatoms. The average molecular weight is 219 g/mol. The maximum Gasteiger partial charge on any atom is 0.219 e. The van der Waals surface area contributed by atoms with Gasteiger partial charge in [0.25, 0.3) is 0 Å². The molecule has 1 heterocycles. The largest absolute Gasteiger partial charge is 0.400 e. The van der Waals surface area contributed by atoms with E-state index in [4.69, 9.17) is 9.84 Å². The molecular formula is C11H25NO3. The van der Waals surface area contributed by atoms with E-state index >= 15 is 0 Å². The lowest BCUT2D eigenvalue weighted by Crippen LogP contribution is -2.36. The third kappa shape index (κ3) is 6.47. The highest BCUT2D eigenvalue weighted by atomic mass is 16.5. The van der Waals surface area contributed by atoms with Crippen molar-refractivity contribution in [3.05, 3.63) is 0 Å². The van der Waals surface area contributed by atoms with Gasteiger partial charge >= 0.3 is 0 Å². The van der Waals surface area contributed by atoms with Crippen LogP contribution < -0.4 is 0 Å². The molecule has 0 aromatic carbocycles. The lowest BCUT2D eigenvalue weighted by molar-refractivity contribution is -0.130. The molecule has 0 aliphatic carbocycles. The number of likely N-dealkylation sites (tertiary alicyclic amines) is 1. The number of hydrogen-bond donors (Lipinski definition) is 1. The van der Waals surface area contributed by atoms with Gasteiger partial charge < -0.3 is 14.7 Å². The summed E-state index contributed by atoms with van der Waals surface area (Å²) in [4.78, 5) is 12.9. The predicted molar refractivity (Wildman–Crippen MR) is 61.8 cm³/mol. The average Bonchev–Trinajstić information content (AvgIpc) is 2.73. The van der Waals surface area contributed by atoms with Crippen LogP contribution in [0.25, 0.3) is 0 Å². The van der Waals surface area contributed by atoms with E-state index in [0.29, 0.717) is 12.6 Å². The van der Waals surface area contributed by atoms with Crippen LogP contribution in [0.4, 0.5) is 0 Å². The van der Waals surface area contributed by atoms with Gasteiger partial charge in [-0.2, -0.15) is 0 Å². The first kappa shape index (κ1) is 16.8. The predicted octanol–water partition coefficient (Wildman–Crippen LogP) is 1.28. The quantitative estimate of drug-likeness (QED) is 0.761. The summed E-state index contributed by atoms with van der Waals surface area (Å²) in [5.74, 6) is 0.171. The summed E-state index contributed by atoms with van der Waals surface area (Å²) in [5, 5.41) is 7.00. The SMILES string of the molecule is CC.CO.COCC1CCCN1C(C)=O. The van der Waals surface area contributed by atoms with Crippen molar-refractivity contribution in [2.45, 2.75) is 39.7 Å². The Morgan fingerprint density at radius 3 is 2.40 bits per heavy atom. The number of carbonyl (C=O) groups is 1. The molecule has 0 radical (unpaired) electrons. The van der Waals surface area contributed by atoms with Gasteiger partial charge in [0, 0.05) is 27.7 Å². The minimum Gasteiger partial charge on any atom is -0.400 e. The van der Waals surface area contributed by atoms with Crippen LogP contribution in [0.1, 0.15) is 33.6 Å². The zero-order valence-corrected chi connectivity index (χ0v) is 10.6. The Morgan fingerprint density at radius 1 is 1.47 bits per heavy atom. The van der Waals surface area contributed by atoms with Gasteiger partial charge in [0.15, 0.2) is 0 Å². The summed E-state index contributed by atoms with van der Waals surface area (Å²) >= 11 is 0. The van der Waals surface area contributed by atoms with Gasteiger partial charge in [0.2, 0.25) is 5.91 Å². The van der Waals surface area contributed by atoms with Crippen LogP contribution in [0.5, 0.6) is 0 Å². The van der Waals surface area contributed by atoms with E-state index in [9.17, 15) is 4.79 Å². The highest BCUT2D eigenvalue weighted by Gasteiger charge is 2.25. The summed E-state index contributed by atoms with van der Waals surface area (Å²) in [6.45, 7) is 7.21. The van der Waals surface area contributed by atoms with E-state index in [1.54, 1.807) is 14.0 Å². The summed E-state index contributed by atoms with van der Waals surface area (Å²) in [6, 6.07) is 0.331. The molecule has 1 saturated heterocycles. The Hall–Kier alpha value is -0.610. The topological polar surface area (TPSA) is 49.8 Å². The van der Waals surface area contributed by atoms with E-state index in [0.717, 1.165) is 26.5 Å². The zero-order chi connectivity index (χ0) is 12.3. The molecule has 0 aromatic rings. The van der Waals surface area contributed by atoms with Crippen LogP contribution in [-0.2, 0) is 9.53 Å². The van der Waals surface area contributed by atoms with Gasteiger partial charge in [0.1, 0.15) is 0 Å². The molecule has 1 fully saturated rings. The van der Waals surface area contributed by atoms with Crippen molar-refractivity contribution in [1.29, 1.82) is 0 Å². The number of ether oxygens (including phenoxy) is 1. The van der Waals surface area contributed by atoms with E-state index in [1.165, 1.54) is 0 Å². The molecule has 1 amide bonds. The standard InChI is InChI=1S/C8H15NO2.C2H6.CH4O/c1-7(10)9-5-3-4-8(9)6-11-2;2*1-2/h8H,3-6H2,1-2H3;1-2H3;2H,1H3. The molecule has 15 heavy (non-hydrogen) atoms. The van der Waals surface area contributed by atoms with Crippen LogP contribution in [0, 0.1) is 0 Å². The van der Waals surface area contributed by atoms with Crippen molar-refractivity contribution in [3.8, 4) is 0 Å². The van der Waals surface area contributed by atoms with Crippen molar-refractivity contribution >= 4 is 5.91 Å². The van der Waals surface area contributed by atoms with Gasteiger partial charge in [-0.3, -0.25) is 4.79 Å². The van der Waals surface area contributed by atoms with Gasteiger partial charge in [-0.1, -0.05) is 13.8 Å². The fourth-order valence-electron chi connectivity index (χ4n) is 1.62. The third-order valence-corrected chi connectivity index (χ3v) is 2.14. The Morgan fingerprint density at radius 2 is 2.00 bits per heavy atom. The number of aliphatic hydroxyl groups excluding tert-OH is 1. The number of nitrogens with zero attached hydrogens (tertiary/aromatic N) is 1. The van der Waals surface area contributed by atoms with Crippen LogP contribution in [0.3, 0.4) is 0 Å². The summed E-state index contributed by atoms with van der Waals surface area (Å²) < 4.78 is 5.01. The van der Waals surface area contributed by atoms with E-state index in [-0.39, 0.29) is 5.91 Å². The number of amides is 1. The number of aliphatic hydroxyl groups is 1. The molecule has 1 rings (SSSR count). The first-order valence-corrected chi connectivity index (χ1v) is 5.46. The molecular weight excluding hydrogens is 194 g/mol. The second-order valence-electron chi connectivity index (χ2n) is 2.96. The molecule has 1 aliphatic rings. The molecule has 0 spiro atoms. The maximum absolute atomic E-state index is 11.0. The van der Waals surface area contributed by atoms with Gasteiger partial charge in [-0.15, -0.1) is 0 Å². The number of methoxy groups -OCH3 is 1. The highest BCUT2D eigenvalue weighted by molar-refractivity contribution is 5.73. The first-order chi connectivity index (χ1) is 7.25. The fourth-order valence-corrected chi connectivity index (χ4v) is 1.62. The molecule has 1 N–H and O–H groups in total. The van der Waals surface area contributed by atoms with Crippen molar-refractivity contribution < 1.29 is 14.6 Å². The summed E-state index contributed by atoms with van der Waals surface area (Å²) in [5.41, 5.74) is 0. The van der Waals surface area contributed by atoms with E-state index in [2.05, 4.69) is 0 Å². The third-order valence-electron chi connectivity index (χ3n) is 2.14. The van der Waals surface area contributed by atoms with Crippen LogP contribution in [0.2, 0.25) is 0 Å². The van der Waals surface area contributed by atoms with Crippen LogP contribution >= 0.6 is 0 Å². The van der Waals surface area contributed by atoms with Crippen LogP contribution in [0.15, 0.2) is 0 Å². The lowest BCUT2D eigenvalue weighted by Gasteiger charge is -2.22. The summed E-state index contributed by atoms with van der Waals surface area (Å²) in [7, 11) is 2.68. The highest BCUT2D eigenvalue weighted by Crippen LogP contribution is 2.16. The Balaban J connectivity index is 0. The second kappa shape index (κ2) is 11.5. The maximum atomic E-state index is 11.0. The number of rotatable bonds is 2. The molecule has 1 aliphatic heterocycles. The second-order valence-corrected chi connectivity index (χ2v) is 2.96. The van der Waals surface area contributed by atoms with E-state index < -0.39 is 0 Å². The molecule has 0 bridgehead atoms. The number of hydrogen-bond acceptors (Lipinski definition) is 3. The molecule has 4 nitrogen and oxygen atoms in total. The van der Waals surface area contributed by atoms with Crippen LogP contribution in [-0.4, -0.2) is 49.3 Å². The Bertz CT molecular complexity index is 151. The molecule has 0 aromatic heterocycles. The normalized spacial score (nSPS) is 18.5. The molecule has 92 valence electrons. The first-order valence-electron chi connectivity index (χ1n) is 5.46. The fraction of sp³-hybridized carbons (Fsp3) is 0.909. The van der Waals surface area contributed by atoms with Crippen molar-refractivity contribution in [1.82, 2.24) is 4.90 Å². The minimum atomic E-state index is 0.171. The smallest absolute Gasteiger partial charge is 0.219 e. The van der Waals surface area contributed by atoms with Crippen molar-refractivity contribution in [2.75, 3.05) is 27.4 Å². The molecule has 1 unspecified atom stereocenters. The number of carbonyl (C=O) groups excluding carboxylic acids is 1. The van der Waals surface area contributed by atoms with Gasteiger partial charge in [-0.25, -0.2) is 0 Å². The van der Waals surface area contributed by atoms with Crippen molar-refractivity contribution in [3.63, 3.8) is 0 Å². The van der Waals surface area contributed by atoms with E-state index in [1.807, 2.05) is 18.7 Å². The lowest BCUT2D eigenvalue weighted by atomic mass is 10.2. The minimum absolute atomic E-state index is 0.171. The van der Waals surface area contributed by atoms with Gasteiger partial charge in [0.05, 0.1) is 12.6 Å². The Kier molecular flexibility index (Phi) is 12.8. The van der Waals surface area contributed by atoms with Gasteiger partial charge in [-0.05, 0) is 12.8 Å². The molecule has 0 saturated carbocycles. The zero-order valence-electron chi connectivity index (χ0n) is 10.6. The van der Waals surface area contributed by atoms with Crippen molar-refractivity contribution in [2.24, 2.45) is 0 Å². The summed E-state index contributed by atoms with van der Waals surface area (Å²) in [6.07, 6.45) is 2.21. The monoisotopic (exact) mass is 219 g/mol. The molecule has 1 atom stereocenters.